The van der Waals surface area contributed by atoms with Crippen LogP contribution in [-0.2, 0) is 11.8 Å². The first-order valence-electron chi connectivity index (χ1n) is 4.45. The predicted octanol–water partition coefficient (Wildman–Crippen LogP) is 0.959. The maximum Gasteiger partial charge on any atom is 0.286 e. The molecule has 0 radical (unpaired) electrons. The highest BCUT2D eigenvalue weighted by Gasteiger charge is 2.10. The third kappa shape index (κ3) is 3.09. The molecule has 0 unspecified atom stereocenters. The summed E-state index contributed by atoms with van der Waals surface area (Å²) in [7, 11) is 1.75. The van der Waals surface area contributed by atoms with Crippen molar-refractivity contribution >= 4 is 27.7 Å². The molecule has 6 heteroatoms. The van der Waals surface area contributed by atoms with Crippen molar-refractivity contribution in [2.45, 2.75) is 13.3 Å². The van der Waals surface area contributed by atoms with Crippen LogP contribution in [0.3, 0.4) is 0 Å². The molecular formula is C9H12BrN3O2. The Kier molecular flexibility index (Phi) is 3.90. The molecule has 0 aliphatic heterocycles. The van der Waals surface area contributed by atoms with Gasteiger partial charge in [0.05, 0.1) is 0 Å². The number of hydrogen-bond acceptors (Lipinski definition) is 2. The lowest BCUT2D eigenvalue weighted by Gasteiger charge is -2.06. The summed E-state index contributed by atoms with van der Waals surface area (Å²) in [5.74, 6) is -0.568. The molecule has 82 valence electrons. The molecule has 0 fully saturated rings. The van der Waals surface area contributed by atoms with Gasteiger partial charge < -0.3 is 4.57 Å². The zero-order valence-electron chi connectivity index (χ0n) is 8.50. The smallest absolute Gasteiger partial charge is 0.286 e. The molecule has 2 N–H and O–H groups in total. The normalized spacial score (nSPS) is 9.80. The number of amides is 2. The molecule has 1 rings (SSSR count). The first kappa shape index (κ1) is 11.8. The molecule has 1 aromatic rings. The van der Waals surface area contributed by atoms with Gasteiger partial charge in [0.2, 0.25) is 5.91 Å². The van der Waals surface area contributed by atoms with E-state index in [2.05, 4.69) is 26.8 Å². The summed E-state index contributed by atoms with van der Waals surface area (Å²) in [6.07, 6.45) is 2.09. The van der Waals surface area contributed by atoms with Gasteiger partial charge in [0, 0.05) is 24.1 Å². The quantitative estimate of drug-likeness (QED) is 0.789. The fourth-order valence-corrected chi connectivity index (χ4v) is 1.55. The lowest BCUT2D eigenvalue weighted by atomic mass is 10.4. The lowest BCUT2D eigenvalue weighted by molar-refractivity contribution is -0.121. The number of rotatable bonds is 2. The number of aromatic nitrogens is 1. The average molecular weight is 274 g/mol. The monoisotopic (exact) mass is 273 g/mol. The number of carbonyl (C=O) groups excluding carboxylic acids is 2. The van der Waals surface area contributed by atoms with Gasteiger partial charge in [-0.1, -0.05) is 6.92 Å². The fourth-order valence-electron chi connectivity index (χ4n) is 1.03. The molecule has 0 saturated carbocycles. The molecule has 0 spiro atoms. The molecular weight excluding hydrogens is 262 g/mol. The fraction of sp³-hybridized carbons (Fsp3) is 0.333. The van der Waals surface area contributed by atoms with Gasteiger partial charge in [0.1, 0.15) is 5.69 Å². The minimum Gasteiger partial charge on any atom is -0.345 e. The van der Waals surface area contributed by atoms with Crippen molar-refractivity contribution in [2.24, 2.45) is 7.05 Å². The number of nitrogens with one attached hydrogen (secondary N) is 2. The van der Waals surface area contributed by atoms with E-state index in [1.165, 1.54) is 0 Å². The molecule has 0 bridgehead atoms. The van der Waals surface area contributed by atoms with Crippen molar-refractivity contribution in [1.29, 1.82) is 0 Å². The van der Waals surface area contributed by atoms with Crippen LogP contribution < -0.4 is 10.9 Å². The second-order valence-electron chi connectivity index (χ2n) is 3.01. The molecule has 5 nitrogen and oxygen atoms in total. The average Bonchev–Trinajstić information content (AvgIpc) is 2.53. The third-order valence-corrected chi connectivity index (χ3v) is 2.27. The Balaban J connectivity index is 2.61. The van der Waals surface area contributed by atoms with E-state index in [1.807, 2.05) is 0 Å². The van der Waals surface area contributed by atoms with Crippen molar-refractivity contribution in [3.8, 4) is 0 Å². The van der Waals surface area contributed by atoms with Crippen molar-refractivity contribution in [3.05, 3.63) is 22.4 Å². The Morgan fingerprint density at radius 2 is 2.13 bits per heavy atom. The Hall–Kier alpha value is -1.30. The summed E-state index contributed by atoms with van der Waals surface area (Å²) in [6.45, 7) is 1.71. The molecule has 0 saturated heterocycles. The number of hydrogen-bond donors (Lipinski definition) is 2. The summed E-state index contributed by atoms with van der Waals surface area (Å²) in [5.41, 5.74) is 5.09. The zero-order valence-corrected chi connectivity index (χ0v) is 10.1. The Morgan fingerprint density at radius 1 is 1.47 bits per heavy atom. The van der Waals surface area contributed by atoms with E-state index < -0.39 is 0 Å². The molecule has 0 aliphatic carbocycles. The van der Waals surface area contributed by atoms with Gasteiger partial charge in [0.15, 0.2) is 0 Å². The Labute approximate surface area is 95.9 Å². The van der Waals surface area contributed by atoms with Crippen LogP contribution in [-0.4, -0.2) is 16.4 Å². The van der Waals surface area contributed by atoms with Crippen LogP contribution in [0.5, 0.6) is 0 Å². The van der Waals surface area contributed by atoms with Crippen LogP contribution >= 0.6 is 15.9 Å². The lowest BCUT2D eigenvalue weighted by Crippen LogP contribution is -2.41. The molecule has 0 aromatic carbocycles. The van der Waals surface area contributed by atoms with Crippen molar-refractivity contribution in [2.75, 3.05) is 0 Å². The van der Waals surface area contributed by atoms with Crippen molar-refractivity contribution < 1.29 is 9.59 Å². The minimum absolute atomic E-state index is 0.225. The number of carbonyl (C=O) groups is 2. The van der Waals surface area contributed by atoms with Crippen LogP contribution in [0, 0.1) is 0 Å². The van der Waals surface area contributed by atoms with Crippen LogP contribution in [0.25, 0.3) is 0 Å². The molecule has 0 aliphatic rings. The first-order chi connectivity index (χ1) is 7.04. The van der Waals surface area contributed by atoms with Gasteiger partial charge in [0.25, 0.3) is 5.91 Å². The van der Waals surface area contributed by atoms with E-state index in [1.54, 1.807) is 30.8 Å². The van der Waals surface area contributed by atoms with Crippen LogP contribution in [0.4, 0.5) is 0 Å². The van der Waals surface area contributed by atoms with Crippen molar-refractivity contribution in [3.63, 3.8) is 0 Å². The Morgan fingerprint density at radius 3 is 2.60 bits per heavy atom. The number of aryl methyl sites for hydroxylation is 1. The highest BCUT2D eigenvalue weighted by atomic mass is 79.9. The highest BCUT2D eigenvalue weighted by molar-refractivity contribution is 9.10. The summed E-state index contributed by atoms with van der Waals surface area (Å²) >= 11 is 3.26. The van der Waals surface area contributed by atoms with Crippen molar-refractivity contribution in [1.82, 2.24) is 15.4 Å². The highest BCUT2D eigenvalue weighted by Crippen LogP contribution is 2.13. The first-order valence-corrected chi connectivity index (χ1v) is 5.25. The van der Waals surface area contributed by atoms with Gasteiger partial charge in [-0.2, -0.15) is 0 Å². The van der Waals surface area contributed by atoms with Crippen LogP contribution in [0.1, 0.15) is 23.8 Å². The van der Waals surface area contributed by atoms with E-state index in [-0.39, 0.29) is 11.8 Å². The number of hydrazine groups is 1. The molecule has 0 atom stereocenters. The summed E-state index contributed by atoms with van der Waals surface area (Å²) in [6, 6.07) is 1.67. The summed E-state index contributed by atoms with van der Waals surface area (Å²) in [5, 5.41) is 0. The second kappa shape index (κ2) is 4.97. The molecule has 1 heterocycles. The molecule has 1 aromatic heterocycles. The van der Waals surface area contributed by atoms with E-state index in [0.717, 1.165) is 4.47 Å². The van der Waals surface area contributed by atoms with E-state index in [9.17, 15) is 9.59 Å². The largest absolute Gasteiger partial charge is 0.345 e. The SMILES string of the molecule is CCC(=O)NNC(=O)c1cc(Br)cn1C. The summed E-state index contributed by atoms with van der Waals surface area (Å²) in [4.78, 5) is 22.4. The number of nitrogens with zero attached hydrogens (tertiary/aromatic N) is 1. The number of halogens is 1. The van der Waals surface area contributed by atoms with Gasteiger partial charge in [-0.25, -0.2) is 0 Å². The van der Waals surface area contributed by atoms with Gasteiger partial charge in [-0.15, -0.1) is 0 Å². The van der Waals surface area contributed by atoms with Gasteiger partial charge in [-0.3, -0.25) is 20.4 Å². The topological polar surface area (TPSA) is 63.1 Å². The summed E-state index contributed by atoms with van der Waals surface area (Å²) < 4.78 is 2.48. The predicted molar refractivity (Wildman–Crippen MR) is 59.0 cm³/mol. The Bertz CT molecular complexity index is 387. The van der Waals surface area contributed by atoms with E-state index >= 15 is 0 Å². The van der Waals surface area contributed by atoms with E-state index in [4.69, 9.17) is 0 Å². The third-order valence-electron chi connectivity index (χ3n) is 1.84. The zero-order chi connectivity index (χ0) is 11.4. The van der Waals surface area contributed by atoms with Crippen LogP contribution in [0.15, 0.2) is 16.7 Å². The van der Waals surface area contributed by atoms with Gasteiger partial charge >= 0.3 is 0 Å². The maximum atomic E-state index is 11.5. The second-order valence-corrected chi connectivity index (χ2v) is 3.93. The standard InChI is InChI=1S/C9H12BrN3O2/c1-3-8(14)11-12-9(15)7-4-6(10)5-13(7)2/h4-5H,3H2,1-2H3,(H,11,14)(H,12,15). The maximum absolute atomic E-state index is 11.5. The van der Waals surface area contributed by atoms with E-state index in [0.29, 0.717) is 12.1 Å². The van der Waals surface area contributed by atoms with Gasteiger partial charge in [-0.05, 0) is 22.0 Å². The van der Waals surface area contributed by atoms with Crippen LogP contribution in [0.2, 0.25) is 0 Å². The minimum atomic E-state index is -0.343. The molecule has 15 heavy (non-hydrogen) atoms. The molecule has 2 amide bonds.